The number of benzene rings is 2. The second kappa shape index (κ2) is 9.28. The van der Waals surface area contributed by atoms with Gasteiger partial charge in [-0.15, -0.1) is 0 Å². The second-order valence-corrected chi connectivity index (χ2v) is 5.79. The van der Waals surface area contributed by atoms with Gasteiger partial charge in [-0.1, -0.05) is 30.3 Å². The maximum atomic E-state index is 11.6. The summed E-state index contributed by atoms with van der Waals surface area (Å²) >= 11 is 0. The van der Waals surface area contributed by atoms with Gasteiger partial charge in [0, 0.05) is 12.1 Å². The minimum atomic E-state index is -0.448. The molecule has 7 nitrogen and oxygen atoms in total. The number of amides is 1. The van der Waals surface area contributed by atoms with Gasteiger partial charge in [0.15, 0.2) is 5.76 Å². The van der Waals surface area contributed by atoms with E-state index in [0.717, 1.165) is 11.1 Å². The number of aromatic amines is 1. The van der Waals surface area contributed by atoms with E-state index in [-0.39, 0.29) is 12.2 Å². The van der Waals surface area contributed by atoms with E-state index in [4.69, 9.17) is 14.0 Å². The molecule has 2 aromatic carbocycles. The molecule has 0 aliphatic heterocycles. The first-order chi connectivity index (χ1) is 13.2. The number of hydrogen-bond donors (Lipinski definition) is 2. The molecule has 0 fully saturated rings. The van der Waals surface area contributed by atoms with Gasteiger partial charge in [0.25, 0.3) is 5.56 Å². The van der Waals surface area contributed by atoms with Gasteiger partial charge in [0.05, 0.1) is 12.7 Å². The Balaban J connectivity index is 1.32. The van der Waals surface area contributed by atoms with Gasteiger partial charge in [-0.2, -0.15) is 5.16 Å². The van der Waals surface area contributed by atoms with Crippen molar-refractivity contribution < 1.29 is 18.8 Å². The lowest BCUT2D eigenvalue weighted by Gasteiger charge is -2.08. The van der Waals surface area contributed by atoms with Crippen molar-refractivity contribution in [3.8, 4) is 17.1 Å². The molecule has 0 bridgehead atoms. The molecule has 0 unspecified atom stereocenters. The van der Waals surface area contributed by atoms with Crippen LogP contribution in [0.5, 0.6) is 5.75 Å². The van der Waals surface area contributed by atoms with Crippen LogP contribution in [-0.2, 0) is 11.3 Å². The first kappa shape index (κ1) is 18.3. The maximum absolute atomic E-state index is 11.6. The zero-order valence-corrected chi connectivity index (χ0v) is 14.6. The summed E-state index contributed by atoms with van der Waals surface area (Å²) in [5.74, 6) is 1.17. The molecule has 1 aromatic heterocycles. The Bertz CT molecular complexity index is 900. The monoisotopic (exact) mass is 368 g/mol. The summed E-state index contributed by atoms with van der Waals surface area (Å²) in [6, 6.07) is 18.1. The summed E-state index contributed by atoms with van der Waals surface area (Å²) in [6.45, 7) is 1.16. The first-order valence-electron chi connectivity index (χ1n) is 8.57. The van der Waals surface area contributed by atoms with Gasteiger partial charge in [-0.25, -0.2) is 4.79 Å². The van der Waals surface area contributed by atoms with Crippen LogP contribution in [0.15, 0.2) is 70.0 Å². The molecule has 27 heavy (non-hydrogen) atoms. The highest BCUT2D eigenvalue weighted by atomic mass is 16.5. The average Bonchev–Trinajstić information content (AvgIpc) is 3.14. The van der Waals surface area contributed by atoms with Crippen molar-refractivity contribution in [3.05, 3.63) is 76.6 Å². The van der Waals surface area contributed by atoms with E-state index >= 15 is 0 Å². The molecular weight excluding hydrogens is 348 g/mol. The predicted octanol–water partition coefficient (Wildman–Crippen LogP) is 3.33. The van der Waals surface area contributed by atoms with Crippen molar-refractivity contribution in [1.82, 2.24) is 10.5 Å². The van der Waals surface area contributed by atoms with Crippen LogP contribution in [0.25, 0.3) is 11.3 Å². The molecule has 1 heterocycles. The van der Waals surface area contributed by atoms with Crippen LogP contribution in [0.4, 0.5) is 4.79 Å². The van der Waals surface area contributed by atoms with E-state index in [0.29, 0.717) is 31.1 Å². The van der Waals surface area contributed by atoms with E-state index in [1.54, 1.807) is 24.3 Å². The topological polar surface area (TPSA) is 93.6 Å². The van der Waals surface area contributed by atoms with Crippen molar-refractivity contribution in [2.45, 2.75) is 13.0 Å². The highest BCUT2D eigenvalue weighted by Gasteiger charge is 2.04. The molecule has 140 valence electrons. The molecular formula is C20H20N2O5. The third kappa shape index (κ3) is 5.78. The lowest BCUT2D eigenvalue weighted by atomic mass is 10.2. The zero-order valence-electron chi connectivity index (χ0n) is 14.6. The largest absolute Gasteiger partial charge is 0.494 e. The van der Waals surface area contributed by atoms with Crippen LogP contribution in [0, 0.1) is 0 Å². The van der Waals surface area contributed by atoms with Gasteiger partial charge < -0.3 is 19.3 Å². The zero-order chi connectivity index (χ0) is 18.9. The predicted molar refractivity (Wildman–Crippen MR) is 99.5 cm³/mol. The fourth-order valence-corrected chi connectivity index (χ4v) is 2.37. The van der Waals surface area contributed by atoms with Crippen molar-refractivity contribution in [2.24, 2.45) is 0 Å². The first-order valence-corrected chi connectivity index (χ1v) is 8.57. The number of H-pyrrole nitrogens is 1. The minimum Gasteiger partial charge on any atom is -0.494 e. The number of ether oxygens (including phenoxy) is 2. The van der Waals surface area contributed by atoms with Gasteiger partial charge >= 0.3 is 6.09 Å². The summed E-state index contributed by atoms with van der Waals surface area (Å²) in [6.07, 6.45) is 0.200. The van der Waals surface area contributed by atoms with Crippen molar-refractivity contribution in [1.29, 1.82) is 0 Å². The Hall–Kier alpha value is -3.48. The summed E-state index contributed by atoms with van der Waals surface area (Å²) < 4.78 is 15.8. The molecule has 0 saturated carbocycles. The Morgan fingerprint density at radius 3 is 2.56 bits per heavy atom. The Labute approximate surface area is 155 Å². The van der Waals surface area contributed by atoms with Crippen LogP contribution >= 0.6 is 0 Å². The van der Waals surface area contributed by atoms with Crippen LogP contribution in [0.2, 0.25) is 0 Å². The Morgan fingerprint density at radius 2 is 1.85 bits per heavy atom. The number of aromatic nitrogens is 1. The number of alkyl carbamates (subject to hydrolysis) is 1. The molecule has 0 aliphatic carbocycles. The fourth-order valence-electron chi connectivity index (χ4n) is 2.37. The van der Waals surface area contributed by atoms with Crippen LogP contribution < -0.4 is 15.6 Å². The smallest absolute Gasteiger partial charge is 0.407 e. The highest BCUT2D eigenvalue weighted by molar-refractivity contribution is 5.67. The molecule has 1 amide bonds. The van der Waals surface area contributed by atoms with E-state index in [1.165, 1.54) is 6.07 Å². The van der Waals surface area contributed by atoms with Crippen LogP contribution in [0.3, 0.4) is 0 Å². The third-order valence-corrected chi connectivity index (χ3v) is 3.73. The summed E-state index contributed by atoms with van der Waals surface area (Å²) in [4.78, 5) is 22.7. The average molecular weight is 368 g/mol. The lowest BCUT2D eigenvalue weighted by molar-refractivity contribution is 0.139. The standard InChI is InChI=1S/C20H20N2O5/c23-19-13-18(27-22-19)16-7-9-17(10-8-16)25-12-4-11-21-20(24)26-14-15-5-2-1-3-6-15/h1-3,5-10,13H,4,11-12,14H2,(H,21,24)(H,22,23). The molecule has 0 atom stereocenters. The normalized spacial score (nSPS) is 10.4. The molecule has 0 aliphatic rings. The molecule has 3 aromatic rings. The maximum Gasteiger partial charge on any atom is 0.407 e. The molecule has 3 rings (SSSR count). The van der Waals surface area contributed by atoms with Crippen molar-refractivity contribution in [2.75, 3.05) is 13.2 Å². The highest BCUT2D eigenvalue weighted by Crippen LogP contribution is 2.20. The number of rotatable bonds is 8. The molecule has 0 spiro atoms. The molecule has 0 radical (unpaired) electrons. The van der Waals surface area contributed by atoms with Crippen molar-refractivity contribution in [3.63, 3.8) is 0 Å². The fraction of sp³-hybridized carbons (Fsp3) is 0.200. The third-order valence-electron chi connectivity index (χ3n) is 3.73. The summed E-state index contributed by atoms with van der Waals surface area (Å²) in [5, 5.41) is 4.94. The van der Waals surface area contributed by atoms with Gasteiger partial charge in [-0.3, -0.25) is 4.79 Å². The molecule has 7 heteroatoms. The number of hydrogen-bond acceptors (Lipinski definition) is 5. The van der Waals surface area contributed by atoms with E-state index < -0.39 is 6.09 Å². The van der Waals surface area contributed by atoms with E-state index in [1.807, 2.05) is 30.3 Å². The van der Waals surface area contributed by atoms with Gasteiger partial charge in [0.1, 0.15) is 12.4 Å². The summed E-state index contributed by atoms with van der Waals surface area (Å²) in [7, 11) is 0. The van der Waals surface area contributed by atoms with Gasteiger partial charge in [0.2, 0.25) is 0 Å². The number of carbonyl (C=O) groups excluding carboxylic acids is 1. The van der Waals surface area contributed by atoms with Crippen molar-refractivity contribution >= 4 is 6.09 Å². The Morgan fingerprint density at radius 1 is 1.07 bits per heavy atom. The van der Waals surface area contributed by atoms with Crippen LogP contribution in [0.1, 0.15) is 12.0 Å². The van der Waals surface area contributed by atoms with E-state index in [9.17, 15) is 9.59 Å². The van der Waals surface area contributed by atoms with E-state index in [2.05, 4.69) is 10.5 Å². The van der Waals surface area contributed by atoms with Crippen LogP contribution in [-0.4, -0.2) is 24.4 Å². The van der Waals surface area contributed by atoms with Gasteiger partial charge in [-0.05, 0) is 36.2 Å². The number of nitrogens with one attached hydrogen (secondary N) is 2. The lowest BCUT2D eigenvalue weighted by Crippen LogP contribution is -2.26. The minimum absolute atomic E-state index is 0.247. The SMILES string of the molecule is O=C(NCCCOc1ccc(-c2cc(=O)[nH]o2)cc1)OCc1ccccc1. The quantitative estimate of drug-likeness (QED) is 0.595. The number of carbonyl (C=O) groups is 1. The molecule has 0 saturated heterocycles. The summed E-state index contributed by atoms with van der Waals surface area (Å²) in [5.41, 5.74) is 1.45. The molecule has 2 N–H and O–H groups in total. The second-order valence-electron chi connectivity index (χ2n) is 5.79. The Kier molecular flexibility index (Phi) is 6.30.